The summed E-state index contributed by atoms with van der Waals surface area (Å²) in [5.41, 5.74) is 2.63. The van der Waals surface area contributed by atoms with E-state index in [9.17, 15) is 4.79 Å². The number of morpholine rings is 1. The Balaban J connectivity index is 1.80. The van der Waals surface area contributed by atoms with Crippen LogP contribution in [0.4, 0.5) is 0 Å². The van der Waals surface area contributed by atoms with E-state index in [0.717, 1.165) is 24.2 Å². The molecule has 3 rings (SSSR count). The van der Waals surface area contributed by atoms with Gasteiger partial charge in [-0.3, -0.25) is 9.69 Å². The molecule has 2 aromatic carbocycles. The van der Waals surface area contributed by atoms with E-state index in [2.05, 4.69) is 10.2 Å². The van der Waals surface area contributed by atoms with Gasteiger partial charge in [0.15, 0.2) is 11.5 Å². The summed E-state index contributed by atoms with van der Waals surface area (Å²) in [6, 6.07) is 11.4. The van der Waals surface area contributed by atoms with Gasteiger partial charge in [0.25, 0.3) is 5.91 Å². The zero-order chi connectivity index (χ0) is 22.2. The molecule has 0 spiro atoms. The molecule has 1 fully saturated rings. The van der Waals surface area contributed by atoms with Crippen LogP contribution < -0.4 is 19.5 Å². The highest BCUT2D eigenvalue weighted by molar-refractivity contribution is 5.94. The lowest BCUT2D eigenvalue weighted by molar-refractivity contribution is 0.0162. The van der Waals surface area contributed by atoms with E-state index in [1.54, 1.807) is 20.3 Å². The number of hydrogen-bond donors (Lipinski definition) is 1. The minimum absolute atomic E-state index is 0.00947. The Kier molecular flexibility index (Phi) is 8.14. The van der Waals surface area contributed by atoms with Gasteiger partial charge in [-0.1, -0.05) is 12.1 Å². The standard InChI is InChI=1S/C24H32N2O5/c1-5-31-21-9-8-18(14-23(21)29-4)20(26-10-12-30-13-11-26)16-25-24(27)19-7-6-17(2)22(15-19)28-3/h6-9,14-15,20H,5,10-13,16H2,1-4H3,(H,25,27)/t20-/m1/s1. The van der Waals surface area contributed by atoms with Crippen molar-refractivity contribution in [3.8, 4) is 17.2 Å². The fraction of sp³-hybridized carbons (Fsp3) is 0.458. The van der Waals surface area contributed by atoms with Crippen molar-refractivity contribution in [1.82, 2.24) is 10.2 Å². The molecule has 168 valence electrons. The average molecular weight is 429 g/mol. The number of carbonyl (C=O) groups is 1. The van der Waals surface area contributed by atoms with Crippen LogP contribution in [-0.4, -0.2) is 64.5 Å². The number of hydrogen-bond acceptors (Lipinski definition) is 6. The Morgan fingerprint density at radius 1 is 1.06 bits per heavy atom. The summed E-state index contributed by atoms with van der Waals surface area (Å²) in [5.74, 6) is 1.97. The molecule has 1 saturated heterocycles. The van der Waals surface area contributed by atoms with Crippen molar-refractivity contribution < 1.29 is 23.7 Å². The second-order valence-corrected chi connectivity index (χ2v) is 7.40. The maximum atomic E-state index is 12.9. The number of nitrogens with zero attached hydrogens (tertiary/aromatic N) is 1. The monoisotopic (exact) mass is 428 g/mol. The van der Waals surface area contributed by atoms with Gasteiger partial charge in [0.2, 0.25) is 0 Å². The second kappa shape index (κ2) is 11.0. The number of amides is 1. The van der Waals surface area contributed by atoms with Gasteiger partial charge >= 0.3 is 0 Å². The molecule has 0 aromatic heterocycles. The summed E-state index contributed by atoms with van der Waals surface area (Å²) in [6.45, 7) is 7.88. The van der Waals surface area contributed by atoms with Gasteiger partial charge < -0.3 is 24.3 Å². The Bertz CT molecular complexity index is 880. The van der Waals surface area contributed by atoms with Gasteiger partial charge in [-0.25, -0.2) is 0 Å². The number of carbonyl (C=O) groups excluding carboxylic acids is 1. The van der Waals surface area contributed by atoms with E-state index in [0.29, 0.717) is 49.2 Å². The Hall–Kier alpha value is -2.77. The minimum Gasteiger partial charge on any atom is -0.496 e. The normalized spacial score (nSPS) is 15.2. The first-order chi connectivity index (χ1) is 15.1. The van der Waals surface area contributed by atoms with Crippen LogP contribution in [0.3, 0.4) is 0 Å². The van der Waals surface area contributed by atoms with Crippen LogP contribution in [0.25, 0.3) is 0 Å². The lowest BCUT2D eigenvalue weighted by atomic mass is 10.0. The van der Waals surface area contributed by atoms with Crippen molar-refractivity contribution in [2.24, 2.45) is 0 Å². The number of rotatable bonds is 9. The first-order valence-corrected chi connectivity index (χ1v) is 10.6. The molecule has 1 heterocycles. The van der Waals surface area contributed by atoms with E-state index in [1.165, 1.54) is 0 Å². The zero-order valence-corrected chi connectivity index (χ0v) is 18.8. The van der Waals surface area contributed by atoms with Crippen molar-refractivity contribution >= 4 is 5.91 Å². The minimum atomic E-state index is -0.130. The fourth-order valence-corrected chi connectivity index (χ4v) is 3.77. The Morgan fingerprint density at radius 2 is 1.81 bits per heavy atom. The second-order valence-electron chi connectivity index (χ2n) is 7.40. The third-order valence-electron chi connectivity index (χ3n) is 5.48. The zero-order valence-electron chi connectivity index (χ0n) is 18.8. The van der Waals surface area contributed by atoms with E-state index in [4.69, 9.17) is 18.9 Å². The summed E-state index contributed by atoms with van der Waals surface area (Å²) in [5, 5.41) is 3.09. The number of benzene rings is 2. The predicted molar refractivity (Wildman–Crippen MR) is 119 cm³/mol. The van der Waals surface area contributed by atoms with Crippen LogP contribution >= 0.6 is 0 Å². The molecule has 0 unspecified atom stereocenters. The van der Waals surface area contributed by atoms with Gasteiger partial charge in [0.1, 0.15) is 5.75 Å². The van der Waals surface area contributed by atoms with E-state index in [1.807, 2.05) is 44.2 Å². The summed E-state index contributed by atoms with van der Waals surface area (Å²) >= 11 is 0. The van der Waals surface area contributed by atoms with Gasteiger partial charge in [-0.2, -0.15) is 0 Å². The van der Waals surface area contributed by atoms with Crippen molar-refractivity contribution in [1.29, 1.82) is 0 Å². The van der Waals surface area contributed by atoms with Crippen molar-refractivity contribution in [3.05, 3.63) is 53.1 Å². The molecule has 0 bridgehead atoms. The molecule has 0 radical (unpaired) electrons. The Labute approximate surface area is 184 Å². The molecule has 1 amide bonds. The van der Waals surface area contributed by atoms with Crippen LogP contribution in [-0.2, 0) is 4.74 Å². The highest BCUT2D eigenvalue weighted by Crippen LogP contribution is 2.32. The van der Waals surface area contributed by atoms with Gasteiger partial charge in [-0.05, 0) is 49.2 Å². The molecule has 0 saturated carbocycles. The molecular formula is C24H32N2O5. The van der Waals surface area contributed by atoms with Crippen LogP contribution in [0.1, 0.15) is 34.5 Å². The number of ether oxygens (including phenoxy) is 4. The highest BCUT2D eigenvalue weighted by atomic mass is 16.5. The van der Waals surface area contributed by atoms with Crippen molar-refractivity contribution in [2.75, 3.05) is 53.7 Å². The van der Waals surface area contributed by atoms with Crippen molar-refractivity contribution in [3.63, 3.8) is 0 Å². The highest BCUT2D eigenvalue weighted by Gasteiger charge is 2.24. The molecule has 7 nitrogen and oxygen atoms in total. The fourth-order valence-electron chi connectivity index (χ4n) is 3.77. The van der Waals surface area contributed by atoms with Crippen LogP contribution in [0.15, 0.2) is 36.4 Å². The van der Waals surface area contributed by atoms with E-state index in [-0.39, 0.29) is 11.9 Å². The molecule has 1 aliphatic rings. The molecule has 1 aliphatic heterocycles. The lowest BCUT2D eigenvalue weighted by Gasteiger charge is -2.35. The molecule has 1 atom stereocenters. The third-order valence-corrected chi connectivity index (χ3v) is 5.48. The largest absolute Gasteiger partial charge is 0.496 e. The van der Waals surface area contributed by atoms with Gasteiger partial charge in [0.05, 0.1) is 40.1 Å². The molecule has 1 N–H and O–H groups in total. The molecule has 0 aliphatic carbocycles. The lowest BCUT2D eigenvalue weighted by Crippen LogP contribution is -2.43. The molecule has 31 heavy (non-hydrogen) atoms. The number of methoxy groups -OCH3 is 2. The van der Waals surface area contributed by atoms with Crippen molar-refractivity contribution in [2.45, 2.75) is 19.9 Å². The molecular weight excluding hydrogens is 396 g/mol. The average Bonchev–Trinajstić information content (AvgIpc) is 2.81. The predicted octanol–water partition coefficient (Wildman–Crippen LogP) is 3.21. The number of aryl methyl sites for hydroxylation is 1. The summed E-state index contributed by atoms with van der Waals surface area (Å²) in [6.07, 6.45) is 0. The summed E-state index contributed by atoms with van der Waals surface area (Å²) < 4.78 is 22.1. The van der Waals surface area contributed by atoms with Gasteiger partial charge in [0, 0.05) is 25.2 Å². The molecule has 7 heteroatoms. The Morgan fingerprint density at radius 3 is 2.48 bits per heavy atom. The first-order valence-electron chi connectivity index (χ1n) is 10.6. The molecule has 2 aromatic rings. The summed E-state index contributed by atoms with van der Waals surface area (Å²) in [7, 11) is 3.25. The van der Waals surface area contributed by atoms with Crippen LogP contribution in [0, 0.1) is 6.92 Å². The van der Waals surface area contributed by atoms with E-state index < -0.39 is 0 Å². The van der Waals surface area contributed by atoms with Crippen LogP contribution in [0.5, 0.6) is 17.2 Å². The van der Waals surface area contributed by atoms with Gasteiger partial charge in [-0.15, -0.1) is 0 Å². The smallest absolute Gasteiger partial charge is 0.251 e. The topological polar surface area (TPSA) is 69.3 Å². The first kappa shape index (κ1) is 22.9. The summed E-state index contributed by atoms with van der Waals surface area (Å²) in [4.78, 5) is 15.2. The maximum Gasteiger partial charge on any atom is 0.251 e. The van der Waals surface area contributed by atoms with Crippen LogP contribution in [0.2, 0.25) is 0 Å². The third kappa shape index (κ3) is 5.68. The SMILES string of the molecule is CCOc1ccc([C@@H](CNC(=O)c2ccc(C)c(OC)c2)N2CCOCC2)cc1OC. The quantitative estimate of drug-likeness (QED) is 0.662. The number of nitrogens with one attached hydrogen (secondary N) is 1. The van der Waals surface area contributed by atoms with E-state index >= 15 is 0 Å². The maximum absolute atomic E-state index is 12.9.